The van der Waals surface area contributed by atoms with Gasteiger partial charge in [-0.15, -0.1) is 0 Å². The first-order valence-corrected chi connectivity index (χ1v) is 6.31. The minimum Gasteiger partial charge on any atom is -0.497 e. The van der Waals surface area contributed by atoms with Crippen molar-refractivity contribution in [3.8, 4) is 22.8 Å². The Hall–Kier alpha value is -1.49. The number of nitrogens with zero attached hydrogens (tertiary/aromatic N) is 1. The summed E-state index contributed by atoms with van der Waals surface area (Å²) in [5, 5.41) is 0. The van der Waals surface area contributed by atoms with Crippen LogP contribution in [0.1, 0.15) is 11.4 Å². The first-order chi connectivity index (χ1) is 8.56. The fraction of sp³-hybridized carbons (Fsp3) is 0.308. The van der Waals surface area contributed by atoms with E-state index in [-0.39, 0.29) is 0 Å². The second kappa shape index (κ2) is 5.02. The molecule has 1 heterocycles. The van der Waals surface area contributed by atoms with E-state index in [2.05, 4.69) is 25.9 Å². The number of aromatic amines is 1. The molecule has 0 aliphatic carbocycles. The highest BCUT2D eigenvalue weighted by Gasteiger charge is 2.17. The van der Waals surface area contributed by atoms with E-state index in [1.807, 2.05) is 26.0 Å². The van der Waals surface area contributed by atoms with Crippen LogP contribution in [0.3, 0.4) is 0 Å². The number of aromatic nitrogens is 2. The Morgan fingerprint density at radius 3 is 2.39 bits per heavy atom. The molecule has 0 radical (unpaired) electrons. The second-order valence-electron chi connectivity index (χ2n) is 4.01. The van der Waals surface area contributed by atoms with Crippen molar-refractivity contribution in [1.82, 2.24) is 9.97 Å². The van der Waals surface area contributed by atoms with Crippen molar-refractivity contribution >= 4 is 15.9 Å². The zero-order valence-electron chi connectivity index (χ0n) is 10.8. The van der Waals surface area contributed by atoms with Crippen molar-refractivity contribution in [2.24, 2.45) is 0 Å². The topological polar surface area (TPSA) is 47.1 Å². The number of hydrogen-bond donors (Lipinski definition) is 1. The molecule has 0 aliphatic rings. The highest BCUT2D eigenvalue weighted by Crippen LogP contribution is 2.38. The van der Waals surface area contributed by atoms with Gasteiger partial charge in [0.1, 0.15) is 27.6 Å². The number of aryl methyl sites for hydroxylation is 2. The number of rotatable bonds is 3. The molecule has 0 atom stereocenters. The summed E-state index contributed by atoms with van der Waals surface area (Å²) in [5.41, 5.74) is 2.87. The smallest absolute Gasteiger partial charge is 0.132 e. The van der Waals surface area contributed by atoms with Crippen LogP contribution in [0.15, 0.2) is 16.7 Å². The number of H-pyrrole nitrogens is 1. The number of methoxy groups -OCH3 is 2. The average molecular weight is 311 g/mol. The predicted molar refractivity (Wildman–Crippen MR) is 74.3 cm³/mol. The molecule has 18 heavy (non-hydrogen) atoms. The zero-order valence-corrected chi connectivity index (χ0v) is 12.4. The van der Waals surface area contributed by atoms with E-state index >= 15 is 0 Å². The Bertz CT molecular complexity index is 579. The molecule has 1 aromatic heterocycles. The van der Waals surface area contributed by atoms with E-state index < -0.39 is 0 Å². The van der Waals surface area contributed by atoms with Crippen LogP contribution in [0, 0.1) is 13.8 Å². The van der Waals surface area contributed by atoms with Crippen molar-refractivity contribution in [2.45, 2.75) is 13.8 Å². The summed E-state index contributed by atoms with van der Waals surface area (Å²) in [6.07, 6.45) is 0. The third kappa shape index (κ3) is 2.22. The lowest BCUT2D eigenvalue weighted by Gasteiger charge is -2.12. The maximum absolute atomic E-state index is 5.43. The number of halogens is 1. The Kier molecular flexibility index (Phi) is 3.61. The van der Waals surface area contributed by atoms with Crippen molar-refractivity contribution < 1.29 is 9.47 Å². The van der Waals surface area contributed by atoms with Crippen molar-refractivity contribution in [1.29, 1.82) is 0 Å². The minimum absolute atomic E-state index is 0.749. The highest BCUT2D eigenvalue weighted by molar-refractivity contribution is 9.10. The van der Waals surface area contributed by atoms with Gasteiger partial charge >= 0.3 is 0 Å². The second-order valence-corrected chi connectivity index (χ2v) is 4.80. The van der Waals surface area contributed by atoms with Gasteiger partial charge in [0.25, 0.3) is 0 Å². The van der Waals surface area contributed by atoms with Crippen LogP contribution in [0.5, 0.6) is 11.5 Å². The largest absolute Gasteiger partial charge is 0.497 e. The highest BCUT2D eigenvalue weighted by atomic mass is 79.9. The number of hydrogen-bond acceptors (Lipinski definition) is 3. The van der Waals surface area contributed by atoms with Crippen LogP contribution in [0.2, 0.25) is 0 Å². The molecule has 0 aliphatic heterocycles. The molecule has 96 valence electrons. The van der Waals surface area contributed by atoms with Crippen molar-refractivity contribution in [3.63, 3.8) is 0 Å². The number of benzene rings is 1. The van der Waals surface area contributed by atoms with Crippen molar-refractivity contribution in [2.75, 3.05) is 14.2 Å². The Morgan fingerprint density at radius 1 is 1.17 bits per heavy atom. The normalized spacial score (nSPS) is 10.5. The molecule has 2 aromatic rings. The molecule has 0 fully saturated rings. The lowest BCUT2D eigenvalue weighted by molar-refractivity contribution is 0.395. The third-order valence-electron chi connectivity index (χ3n) is 2.74. The van der Waals surface area contributed by atoms with Crippen LogP contribution < -0.4 is 9.47 Å². The summed E-state index contributed by atoms with van der Waals surface area (Å²) >= 11 is 3.48. The molecule has 0 amide bonds. The van der Waals surface area contributed by atoms with E-state index in [4.69, 9.17) is 9.47 Å². The fourth-order valence-electron chi connectivity index (χ4n) is 1.93. The summed E-state index contributed by atoms with van der Waals surface area (Å²) in [5.74, 6) is 2.38. The molecular weight excluding hydrogens is 296 g/mol. The molecule has 2 rings (SSSR count). The lowest BCUT2D eigenvalue weighted by Crippen LogP contribution is -1.94. The summed E-state index contributed by atoms with van der Waals surface area (Å²) in [6, 6.07) is 3.83. The third-order valence-corrected chi connectivity index (χ3v) is 3.32. The Labute approximate surface area is 114 Å². The van der Waals surface area contributed by atoms with Crippen LogP contribution in [-0.2, 0) is 0 Å². The molecule has 0 unspecified atom stereocenters. The molecule has 4 nitrogen and oxygen atoms in total. The Balaban J connectivity index is 2.66. The molecule has 0 spiro atoms. The first kappa shape index (κ1) is 13.0. The van der Waals surface area contributed by atoms with Gasteiger partial charge in [0, 0.05) is 11.6 Å². The van der Waals surface area contributed by atoms with E-state index in [1.54, 1.807) is 14.2 Å². The molecule has 0 bridgehead atoms. The summed E-state index contributed by atoms with van der Waals surface area (Å²) in [6.45, 7) is 3.93. The van der Waals surface area contributed by atoms with Gasteiger partial charge in [-0.2, -0.15) is 0 Å². The maximum Gasteiger partial charge on any atom is 0.132 e. The average Bonchev–Trinajstić information content (AvgIpc) is 2.67. The summed E-state index contributed by atoms with van der Waals surface area (Å²) in [4.78, 5) is 7.61. The summed E-state index contributed by atoms with van der Waals surface area (Å²) < 4.78 is 11.5. The van der Waals surface area contributed by atoms with E-state index in [0.717, 1.165) is 38.7 Å². The van der Waals surface area contributed by atoms with Gasteiger partial charge in [-0.3, -0.25) is 0 Å². The predicted octanol–water partition coefficient (Wildman–Crippen LogP) is 3.47. The molecule has 0 saturated heterocycles. The van der Waals surface area contributed by atoms with E-state index in [0.29, 0.717) is 0 Å². The standard InChI is InChI=1S/C13H15BrN2O2/c1-7-5-9(17-3)6-10(18-4)11(7)12-13(14)16-8(2)15-12/h5-6H,1-4H3,(H,15,16). The first-order valence-electron chi connectivity index (χ1n) is 5.52. The van der Waals surface area contributed by atoms with Gasteiger partial charge in [0.15, 0.2) is 0 Å². The van der Waals surface area contributed by atoms with Gasteiger partial charge in [-0.1, -0.05) is 0 Å². The van der Waals surface area contributed by atoms with E-state index in [1.165, 1.54) is 0 Å². The van der Waals surface area contributed by atoms with Crippen molar-refractivity contribution in [3.05, 3.63) is 28.1 Å². The van der Waals surface area contributed by atoms with Gasteiger partial charge in [0.2, 0.25) is 0 Å². The lowest BCUT2D eigenvalue weighted by atomic mass is 10.0. The number of imidazole rings is 1. The van der Waals surface area contributed by atoms with Crippen LogP contribution >= 0.6 is 15.9 Å². The van der Waals surface area contributed by atoms with Crippen LogP contribution in [0.4, 0.5) is 0 Å². The fourth-order valence-corrected chi connectivity index (χ4v) is 2.51. The maximum atomic E-state index is 5.43. The van der Waals surface area contributed by atoms with Gasteiger partial charge < -0.3 is 14.5 Å². The molecule has 1 aromatic carbocycles. The van der Waals surface area contributed by atoms with Crippen LogP contribution in [-0.4, -0.2) is 24.2 Å². The molecular formula is C13H15BrN2O2. The minimum atomic E-state index is 0.749. The molecule has 0 saturated carbocycles. The molecule has 5 heteroatoms. The number of ether oxygens (including phenoxy) is 2. The number of nitrogens with one attached hydrogen (secondary N) is 1. The Morgan fingerprint density at radius 2 is 1.89 bits per heavy atom. The van der Waals surface area contributed by atoms with Gasteiger partial charge in [-0.05, 0) is 41.4 Å². The summed E-state index contributed by atoms with van der Waals surface area (Å²) in [7, 11) is 3.29. The SMILES string of the molecule is COc1cc(C)c(-c2nc(C)[nH]c2Br)c(OC)c1. The van der Waals surface area contributed by atoms with Crippen LogP contribution in [0.25, 0.3) is 11.3 Å². The molecule has 1 N–H and O–H groups in total. The quantitative estimate of drug-likeness (QED) is 0.944. The monoisotopic (exact) mass is 310 g/mol. The van der Waals surface area contributed by atoms with Gasteiger partial charge in [-0.25, -0.2) is 4.98 Å². The van der Waals surface area contributed by atoms with E-state index in [9.17, 15) is 0 Å². The zero-order chi connectivity index (χ0) is 13.3. The van der Waals surface area contributed by atoms with Gasteiger partial charge in [0.05, 0.1) is 14.2 Å².